The first-order chi connectivity index (χ1) is 17.2. The summed E-state index contributed by atoms with van der Waals surface area (Å²) in [5.41, 5.74) is 1.82. The molecule has 1 amide bonds. The zero-order chi connectivity index (χ0) is 25.7. The quantitative estimate of drug-likeness (QED) is 0.316. The summed E-state index contributed by atoms with van der Waals surface area (Å²) in [6.07, 6.45) is 0. The van der Waals surface area contributed by atoms with Crippen molar-refractivity contribution in [2.75, 3.05) is 16.6 Å². The Balaban J connectivity index is 1.39. The van der Waals surface area contributed by atoms with Crippen molar-refractivity contribution >= 4 is 38.9 Å². The Morgan fingerprint density at radius 3 is 2.47 bits per heavy atom. The number of benzene rings is 3. The summed E-state index contributed by atoms with van der Waals surface area (Å²) >= 11 is 6.21. The van der Waals surface area contributed by atoms with E-state index in [0.29, 0.717) is 28.5 Å². The Morgan fingerprint density at radius 1 is 1.00 bits per heavy atom. The van der Waals surface area contributed by atoms with Crippen molar-refractivity contribution in [2.45, 2.75) is 11.8 Å². The van der Waals surface area contributed by atoms with E-state index in [1.807, 2.05) is 0 Å². The third-order valence-corrected chi connectivity index (χ3v) is 6.56. The van der Waals surface area contributed by atoms with Crippen molar-refractivity contribution < 1.29 is 17.9 Å². The van der Waals surface area contributed by atoms with Crippen molar-refractivity contribution in [1.29, 1.82) is 0 Å². The second-order valence-corrected chi connectivity index (χ2v) is 9.81. The van der Waals surface area contributed by atoms with E-state index in [4.69, 9.17) is 16.3 Å². The van der Waals surface area contributed by atoms with Crippen molar-refractivity contribution in [1.82, 2.24) is 9.97 Å². The number of amides is 1. The van der Waals surface area contributed by atoms with Crippen molar-refractivity contribution in [3.8, 4) is 17.1 Å². The van der Waals surface area contributed by atoms with Gasteiger partial charge in [-0.15, -0.1) is 0 Å². The number of aromatic amines is 1. The molecule has 0 atom stereocenters. The molecule has 0 radical (unpaired) electrons. The fraction of sp³-hybridized carbons (Fsp3) is 0.0800. The van der Waals surface area contributed by atoms with Crippen LogP contribution in [0.25, 0.3) is 11.4 Å². The van der Waals surface area contributed by atoms with Crippen LogP contribution in [0.5, 0.6) is 5.75 Å². The van der Waals surface area contributed by atoms with Crippen LogP contribution in [0.3, 0.4) is 0 Å². The lowest BCUT2D eigenvalue weighted by atomic mass is 10.2. The molecule has 0 fully saturated rings. The van der Waals surface area contributed by atoms with Crippen LogP contribution in [-0.2, 0) is 14.8 Å². The largest absolute Gasteiger partial charge is 0.482 e. The molecule has 3 N–H and O–H groups in total. The second kappa shape index (κ2) is 10.6. The smallest absolute Gasteiger partial charge is 0.262 e. The monoisotopic (exact) mass is 524 g/mol. The zero-order valence-corrected chi connectivity index (χ0v) is 20.6. The molecule has 0 aliphatic heterocycles. The molecule has 0 aliphatic rings. The predicted molar refractivity (Wildman–Crippen MR) is 138 cm³/mol. The summed E-state index contributed by atoms with van der Waals surface area (Å²) in [6.45, 7) is 1.35. The minimum absolute atomic E-state index is 0.0372. The standard InChI is InChI=1S/C25H21ClN4O5S/c1-16-12-23(31)29-25(27-16)17-6-5-9-19(13-17)28-24(32)15-35-22-11-10-20(14-21(22)26)36(33,34)30-18-7-3-2-4-8-18/h2-14,30H,15H2,1H3,(H,28,32)(H,27,29,31). The number of H-pyrrole nitrogens is 1. The molecule has 11 heteroatoms. The van der Waals surface area contributed by atoms with E-state index < -0.39 is 15.9 Å². The molecule has 1 aromatic heterocycles. The van der Waals surface area contributed by atoms with E-state index in [0.717, 1.165) is 0 Å². The van der Waals surface area contributed by atoms with Gasteiger partial charge in [-0.05, 0) is 49.4 Å². The molecule has 4 aromatic rings. The first-order valence-electron chi connectivity index (χ1n) is 10.7. The molecule has 4 rings (SSSR count). The number of carbonyl (C=O) groups excluding carboxylic acids is 1. The highest BCUT2D eigenvalue weighted by Crippen LogP contribution is 2.28. The Kier molecular flexibility index (Phi) is 7.37. The number of hydrogen-bond donors (Lipinski definition) is 3. The van der Waals surface area contributed by atoms with Crippen LogP contribution in [-0.4, -0.2) is 30.9 Å². The molecular formula is C25H21ClN4O5S. The second-order valence-electron chi connectivity index (χ2n) is 7.72. The first-order valence-corrected chi connectivity index (χ1v) is 12.5. The Bertz CT molecular complexity index is 1570. The summed E-state index contributed by atoms with van der Waals surface area (Å²) < 4.78 is 33.2. The van der Waals surface area contributed by atoms with E-state index in [1.54, 1.807) is 61.5 Å². The van der Waals surface area contributed by atoms with Crippen LogP contribution in [0, 0.1) is 6.92 Å². The Hall–Kier alpha value is -4.15. The van der Waals surface area contributed by atoms with Gasteiger partial charge in [-0.3, -0.25) is 14.3 Å². The number of aryl methyl sites for hydroxylation is 1. The lowest BCUT2D eigenvalue weighted by Crippen LogP contribution is -2.20. The number of para-hydroxylation sites is 1. The maximum Gasteiger partial charge on any atom is 0.262 e. The summed E-state index contributed by atoms with van der Waals surface area (Å²) in [6, 6.07) is 20.6. The number of carbonyl (C=O) groups is 1. The summed E-state index contributed by atoms with van der Waals surface area (Å²) in [5.74, 6) is 0.0769. The number of nitrogens with zero attached hydrogens (tertiary/aromatic N) is 1. The molecule has 184 valence electrons. The number of aromatic nitrogens is 2. The molecular weight excluding hydrogens is 504 g/mol. The molecule has 0 bridgehead atoms. The van der Waals surface area contributed by atoms with Crippen molar-refractivity contribution in [3.05, 3.63) is 99.9 Å². The van der Waals surface area contributed by atoms with Gasteiger partial charge < -0.3 is 15.0 Å². The predicted octanol–water partition coefficient (Wildman–Crippen LogP) is 4.22. The van der Waals surface area contributed by atoms with Crippen LogP contribution in [0.2, 0.25) is 5.02 Å². The summed E-state index contributed by atoms with van der Waals surface area (Å²) in [7, 11) is -3.85. The number of ether oxygens (including phenoxy) is 1. The molecule has 3 aromatic carbocycles. The number of hydrogen-bond acceptors (Lipinski definition) is 6. The van der Waals surface area contributed by atoms with Crippen LogP contribution in [0.1, 0.15) is 5.69 Å². The first kappa shape index (κ1) is 25.0. The number of sulfonamides is 1. The Morgan fingerprint density at radius 2 is 1.75 bits per heavy atom. The average molecular weight is 525 g/mol. The lowest BCUT2D eigenvalue weighted by molar-refractivity contribution is -0.118. The SMILES string of the molecule is Cc1cc(=O)[nH]c(-c2cccc(NC(=O)COc3ccc(S(=O)(=O)Nc4ccccc4)cc3Cl)c2)n1. The topological polar surface area (TPSA) is 130 Å². The fourth-order valence-corrected chi connectivity index (χ4v) is 4.67. The molecule has 36 heavy (non-hydrogen) atoms. The molecule has 0 aliphatic carbocycles. The molecule has 9 nitrogen and oxygen atoms in total. The van der Waals surface area contributed by atoms with Crippen molar-refractivity contribution in [3.63, 3.8) is 0 Å². The van der Waals surface area contributed by atoms with Gasteiger partial charge in [0.1, 0.15) is 11.6 Å². The van der Waals surface area contributed by atoms with E-state index >= 15 is 0 Å². The number of anilines is 2. The highest BCUT2D eigenvalue weighted by Gasteiger charge is 2.17. The summed E-state index contributed by atoms with van der Waals surface area (Å²) in [5, 5.41) is 2.74. The number of halogens is 1. The van der Waals surface area contributed by atoms with Gasteiger partial charge in [0.05, 0.1) is 9.92 Å². The zero-order valence-electron chi connectivity index (χ0n) is 19.0. The van der Waals surface area contributed by atoms with Gasteiger partial charge in [0, 0.05) is 28.7 Å². The molecule has 1 heterocycles. The highest BCUT2D eigenvalue weighted by atomic mass is 35.5. The fourth-order valence-electron chi connectivity index (χ4n) is 3.29. The maximum atomic E-state index is 12.6. The van der Waals surface area contributed by atoms with Gasteiger partial charge in [-0.25, -0.2) is 13.4 Å². The molecule has 0 saturated heterocycles. The normalized spacial score (nSPS) is 11.1. The van der Waals surface area contributed by atoms with Gasteiger partial charge in [-0.1, -0.05) is 41.9 Å². The molecule has 0 unspecified atom stereocenters. The number of rotatable bonds is 8. The summed E-state index contributed by atoms with van der Waals surface area (Å²) in [4.78, 5) is 31.1. The average Bonchev–Trinajstić information content (AvgIpc) is 2.83. The molecule has 0 saturated carbocycles. The van der Waals surface area contributed by atoms with Crippen LogP contribution < -0.4 is 20.3 Å². The van der Waals surface area contributed by atoms with Gasteiger partial charge in [-0.2, -0.15) is 0 Å². The molecule has 0 spiro atoms. The van der Waals surface area contributed by atoms with Crippen molar-refractivity contribution in [2.24, 2.45) is 0 Å². The van der Waals surface area contributed by atoms with E-state index in [1.165, 1.54) is 24.3 Å². The van der Waals surface area contributed by atoms with Crippen LogP contribution >= 0.6 is 11.6 Å². The van der Waals surface area contributed by atoms with E-state index in [-0.39, 0.29) is 27.8 Å². The third kappa shape index (κ3) is 6.29. The minimum Gasteiger partial charge on any atom is -0.482 e. The van der Waals surface area contributed by atoms with Gasteiger partial charge >= 0.3 is 0 Å². The van der Waals surface area contributed by atoms with Crippen LogP contribution in [0.4, 0.5) is 11.4 Å². The van der Waals surface area contributed by atoms with E-state index in [2.05, 4.69) is 20.0 Å². The maximum absolute atomic E-state index is 12.6. The van der Waals surface area contributed by atoms with Gasteiger partial charge in [0.25, 0.3) is 21.5 Å². The third-order valence-electron chi connectivity index (χ3n) is 4.89. The minimum atomic E-state index is -3.85. The van der Waals surface area contributed by atoms with Gasteiger partial charge in [0.15, 0.2) is 6.61 Å². The van der Waals surface area contributed by atoms with Crippen LogP contribution in [0.15, 0.2) is 88.6 Å². The van der Waals surface area contributed by atoms with E-state index in [9.17, 15) is 18.0 Å². The van der Waals surface area contributed by atoms with Gasteiger partial charge in [0.2, 0.25) is 0 Å². The Labute approximate surface area is 212 Å². The highest BCUT2D eigenvalue weighted by molar-refractivity contribution is 7.92. The lowest BCUT2D eigenvalue weighted by Gasteiger charge is -2.12. The number of nitrogens with one attached hydrogen (secondary N) is 3.